The van der Waals surface area contributed by atoms with Gasteiger partial charge in [0.25, 0.3) is 0 Å². The Balaban J connectivity index is 2.10. The fraction of sp³-hybridized carbons (Fsp3) is 0.476. The van der Waals surface area contributed by atoms with E-state index in [1.807, 2.05) is 19.1 Å². The molecule has 0 aromatic carbocycles. The molecule has 6 heteroatoms. The summed E-state index contributed by atoms with van der Waals surface area (Å²) in [5.74, 6) is 5.73. The van der Waals surface area contributed by atoms with Crippen LogP contribution in [0.15, 0.2) is 24.5 Å². The van der Waals surface area contributed by atoms with Gasteiger partial charge in [-0.3, -0.25) is 4.98 Å². The van der Waals surface area contributed by atoms with E-state index in [9.17, 15) is 0 Å². The van der Waals surface area contributed by atoms with Gasteiger partial charge in [-0.1, -0.05) is 39.4 Å². The predicted molar refractivity (Wildman–Crippen MR) is 111 cm³/mol. The number of ether oxygens (including phenoxy) is 2. The van der Waals surface area contributed by atoms with Crippen LogP contribution in [0, 0.1) is 24.3 Å². The standard InChI is InChI=1S/C21H29N3O2Si/c1-15(16(2)20-9-8-19(25-4)13-23-20)14-26-21-18(10-11-27(5,6)7)12-22-17(3)24-21/h8-9,12-13,15-16H,14H2,1-7H3/t15-,16+/m1/s1. The molecule has 0 aliphatic rings. The van der Waals surface area contributed by atoms with Crippen LogP contribution in [0.4, 0.5) is 0 Å². The zero-order chi connectivity index (χ0) is 20.0. The molecule has 0 radical (unpaired) electrons. The molecule has 0 fully saturated rings. The second-order valence-electron chi connectivity index (χ2n) is 7.84. The number of nitrogens with zero attached hydrogens (tertiary/aromatic N) is 3. The van der Waals surface area contributed by atoms with Crippen LogP contribution in [0.2, 0.25) is 19.6 Å². The molecule has 0 aliphatic carbocycles. The van der Waals surface area contributed by atoms with Crippen molar-refractivity contribution in [3.8, 4) is 23.1 Å². The smallest absolute Gasteiger partial charge is 0.232 e. The van der Waals surface area contributed by atoms with Crippen molar-refractivity contribution in [3.63, 3.8) is 0 Å². The van der Waals surface area contributed by atoms with Crippen molar-refractivity contribution in [2.24, 2.45) is 5.92 Å². The molecule has 2 aromatic heterocycles. The van der Waals surface area contributed by atoms with Crippen LogP contribution in [-0.4, -0.2) is 36.7 Å². The quantitative estimate of drug-likeness (QED) is 0.552. The van der Waals surface area contributed by atoms with E-state index in [0.29, 0.717) is 18.3 Å². The Morgan fingerprint density at radius 3 is 2.44 bits per heavy atom. The molecule has 2 heterocycles. The van der Waals surface area contributed by atoms with E-state index in [0.717, 1.165) is 17.0 Å². The maximum absolute atomic E-state index is 6.04. The van der Waals surface area contributed by atoms with Gasteiger partial charge in [-0.05, 0) is 25.0 Å². The normalized spacial score (nSPS) is 13.3. The third-order valence-electron chi connectivity index (χ3n) is 4.24. The average Bonchev–Trinajstić information content (AvgIpc) is 2.64. The summed E-state index contributed by atoms with van der Waals surface area (Å²) in [5.41, 5.74) is 5.13. The molecule has 0 spiro atoms. The molecule has 2 aromatic rings. The van der Waals surface area contributed by atoms with Gasteiger partial charge >= 0.3 is 0 Å². The number of rotatable bonds is 6. The van der Waals surface area contributed by atoms with E-state index in [1.54, 1.807) is 19.5 Å². The zero-order valence-corrected chi connectivity index (χ0v) is 18.3. The number of hydrogen-bond donors (Lipinski definition) is 0. The minimum absolute atomic E-state index is 0.246. The molecule has 27 heavy (non-hydrogen) atoms. The first-order valence-electron chi connectivity index (χ1n) is 9.19. The van der Waals surface area contributed by atoms with Crippen molar-refractivity contribution in [3.05, 3.63) is 41.6 Å². The highest BCUT2D eigenvalue weighted by Gasteiger charge is 2.18. The number of aromatic nitrogens is 3. The third-order valence-corrected chi connectivity index (χ3v) is 5.12. The van der Waals surface area contributed by atoms with Gasteiger partial charge in [0.15, 0.2) is 0 Å². The van der Waals surface area contributed by atoms with Crippen LogP contribution >= 0.6 is 0 Å². The van der Waals surface area contributed by atoms with Crippen LogP contribution in [-0.2, 0) is 0 Å². The van der Waals surface area contributed by atoms with Crippen molar-refractivity contribution in [2.75, 3.05) is 13.7 Å². The Morgan fingerprint density at radius 2 is 1.85 bits per heavy atom. The SMILES string of the molecule is COc1ccc([C@@H](C)[C@H](C)COc2nc(C)ncc2C#C[Si](C)(C)C)nc1. The molecule has 0 aliphatic heterocycles. The largest absolute Gasteiger partial charge is 0.495 e. The second kappa shape index (κ2) is 9.00. The molecule has 144 valence electrons. The van der Waals surface area contributed by atoms with E-state index in [1.165, 1.54) is 0 Å². The highest BCUT2D eigenvalue weighted by atomic mass is 28.3. The lowest BCUT2D eigenvalue weighted by molar-refractivity contribution is 0.231. The topological polar surface area (TPSA) is 57.1 Å². The minimum atomic E-state index is -1.48. The third kappa shape index (κ3) is 6.37. The second-order valence-corrected chi connectivity index (χ2v) is 12.6. The van der Waals surface area contributed by atoms with Crippen LogP contribution in [0.5, 0.6) is 11.6 Å². The highest BCUT2D eigenvalue weighted by molar-refractivity contribution is 6.83. The first-order valence-corrected chi connectivity index (χ1v) is 12.7. The summed E-state index contributed by atoms with van der Waals surface area (Å²) in [5, 5.41) is 0. The van der Waals surface area contributed by atoms with Crippen molar-refractivity contribution in [2.45, 2.75) is 46.3 Å². The van der Waals surface area contributed by atoms with Gasteiger partial charge in [0.05, 0.1) is 26.1 Å². The lowest BCUT2D eigenvalue weighted by atomic mass is 9.93. The van der Waals surface area contributed by atoms with E-state index in [4.69, 9.17) is 9.47 Å². The van der Waals surface area contributed by atoms with Crippen molar-refractivity contribution in [1.82, 2.24) is 15.0 Å². The summed E-state index contributed by atoms with van der Waals surface area (Å²) in [6.07, 6.45) is 3.50. The van der Waals surface area contributed by atoms with E-state index < -0.39 is 8.07 Å². The maximum Gasteiger partial charge on any atom is 0.232 e. The number of methoxy groups -OCH3 is 1. The molecule has 0 N–H and O–H groups in total. The lowest BCUT2D eigenvalue weighted by Crippen LogP contribution is -2.18. The maximum atomic E-state index is 6.04. The predicted octanol–water partition coefficient (Wildman–Crippen LogP) is 4.24. The summed E-state index contributed by atoms with van der Waals surface area (Å²) >= 11 is 0. The van der Waals surface area contributed by atoms with Gasteiger partial charge in [-0.25, -0.2) is 4.98 Å². The first kappa shape index (κ1) is 20.9. The number of pyridine rings is 1. The Morgan fingerprint density at radius 1 is 1.11 bits per heavy atom. The van der Waals surface area contributed by atoms with Crippen molar-refractivity contribution >= 4 is 8.07 Å². The molecule has 2 rings (SSSR count). The number of hydrogen-bond acceptors (Lipinski definition) is 5. The van der Waals surface area contributed by atoms with Gasteiger partial charge < -0.3 is 9.47 Å². The van der Waals surface area contributed by atoms with Gasteiger partial charge in [0.1, 0.15) is 25.2 Å². The van der Waals surface area contributed by atoms with E-state index >= 15 is 0 Å². The van der Waals surface area contributed by atoms with Gasteiger partial charge in [-0.2, -0.15) is 4.98 Å². The van der Waals surface area contributed by atoms with Crippen LogP contribution in [0.3, 0.4) is 0 Å². The fourth-order valence-electron chi connectivity index (χ4n) is 2.33. The monoisotopic (exact) mass is 383 g/mol. The highest BCUT2D eigenvalue weighted by Crippen LogP contribution is 2.25. The van der Waals surface area contributed by atoms with Crippen molar-refractivity contribution in [1.29, 1.82) is 0 Å². The first-order chi connectivity index (χ1) is 12.7. The summed E-state index contributed by atoms with van der Waals surface area (Å²) in [6, 6.07) is 3.93. The number of aryl methyl sites for hydroxylation is 1. The summed E-state index contributed by atoms with van der Waals surface area (Å²) in [6.45, 7) is 13.3. The van der Waals surface area contributed by atoms with Crippen LogP contribution in [0.1, 0.15) is 36.8 Å². The molecule has 0 bridgehead atoms. The van der Waals surface area contributed by atoms with E-state index in [2.05, 4.69) is 59.9 Å². The molecular formula is C21H29N3O2Si. The molecule has 2 atom stereocenters. The zero-order valence-electron chi connectivity index (χ0n) is 17.3. The Hall–Kier alpha value is -2.39. The summed E-state index contributed by atoms with van der Waals surface area (Å²) in [7, 11) is 0.160. The average molecular weight is 384 g/mol. The molecule has 0 saturated carbocycles. The molecule has 0 unspecified atom stereocenters. The molecular weight excluding hydrogens is 354 g/mol. The summed E-state index contributed by atoms with van der Waals surface area (Å²) < 4.78 is 11.2. The van der Waals surface area contributed by atoms with Gasteiger partial charge in [0.2, 0.25) is 5.88 Å². The Labute approximate surface area is 163 Å². The molecule has 0 saturated heterocycles. The van der Waals surface area contributed by atoms with Crippen molar-refractivity contribution < 1.29 is 9.47 Å². The minimum Gasteiger partial charge on any atom is -0.495 e. The lowest BCUT2D eigenvalue weighted by Gasteiger charge is -2.20. The Kier molecular flexibility index (Phi) is 6.97. The van der Waals surface area contributed by atoms with E-state index in [-0.39, 0.29) is 11.8 Å². The van der Waals surface area contributed by atoms with Crippen LogP contribution < -0.4 is 9.47 Å². The van der Waals surface area contributed by atoms with Crippen LogP contribution in [0.25, 0.3) is 0 Å². The summed E-state index contributed by atoms with van der Waals surface area (Å²) in [4.78, 5) is 13.2. The van der Waals surface area contributed by atoms with Gasteiger partial charge in [-0.15, -0.1) is 5.54 Å². The van der Waals surface area contributed by atoms with Gasteiger partial charge in [0, 0.05) is 11.6 Å². The Bertz CT molecular complexity index is 820. The molecule has 5 nitrogen and oxygen atoms in total. The fourth-order valence-corrected chi connectivity index (χ4v) is 2.84. The molecule has 0 amide bonds.